The highest BCUT2D eigenvalue weighted by molar-refractivity contribution is 6.02. The summed E-state index contributed by atoms with van der Waals surface area (Å²) >= 11 is 0. The maximum atomic E-state index is 15.2. The molecule has 1 saturated carbocycles. The van der Waals surface area contributed by atoms with Crippen LogP contribution >= 0.6 is 0 Å². The summed E-state index contributed by atoms with van der Waals surface area (Å²) in [7, 11) is 2.79. The van der Waals surface area contributed by atoms with Gasteiger partial charge in [-0.3, -0.25) is 29.4 Å². The molecule has 302 valence electrons. The van der Waals surface area contributed by atoms with Gasteiger partial charge in [0.15, 0.2) is 5.82 Å². The normalized spacial score (nSPS) is 22.2. The van der Waals surface area contributed by atoms with Crippen LogP contribution in [0.2, 0.25) is 0 Å². The molecular formula is C40H46F3N9O5. The summed E-state index contributed by atoms with van der Waals surface area (Å²) in [5, 5.41) is 8.58. The molecule has 8 rings (SSSR count). The van der Waals surface area contributed by atoms with Crippen LogP contribution in [0.5, 0.6) is 5.75 Å². The van der Waals surface area contributed by atoms with Gasteiger partial charge < -0.3 is 30.1 Å². The Kier molecular flexibility index (Phi) is 10.4. The van der Waals surface area contributed by atoms with Crippen LogP contribution in [-0.4, -0.2) is 109 Å². The molecule has 4 amide bonds. The Morgan fingerprint density at radius 1 is 0.965 bits per heavy atom. The lowest BCUT2D eigenvalue weighted by Gasteiger charge is -2.48. The third-order valence-electron chi connectivity index (χ3n) is 12.0. The predicted molar refractivity (Wildman–Crippen MR) is 206 cm³/mol. The van der Waals surface area contributed by atoms with E-state index in [9.17, 15) is 19.2 Å². The van der Waals surface area contributed by atoms with Gasteiger partial charge in [-0.05, 0) is 68.0 Å². The Morgan fingerprint density at radius 2 is 1.72 bits per heavy atom. The molecule has 0 radical (unpaired) electrons. The number of alkyl halides is 2. The fraction of sp³-hybridized carbons (Fsp3) is 0.500. The fourth-order valence-electron chi connectivity index (χ4n) is 8.73. The number of nitrogens with one attached hydrogen (secondary N) is 3. The van der Waals surface area contributed by atoms with Crippen molar-refractivity contribution >= 4 is 52.5 Å². The highest BCUT2D eigenvalue weighted by atomic mass is 19.3. The zero-order valence-electron chi connectivity index (χ0n) is 31.9. The van der Waals surface area contributed by atoms with E-state index in [4.69, 9.17) is 4.74 Å². The number of fused-ring (bicyclic) bond motifs is 1. The summed E-state index contributed by atoms with van der Waals surface area (Å²) < 4.78 is 50.8. The molecular weight excluding hydrogens is 743 g/mol. The van der Waals surface area contributed by atoms with E-state index in [0.29, 0.717) is 47.8 Å². The maximum absolute atomic E-state index is 15.2. The van der Waals surface area contributed by atoms with E-state index in [1.54, 1.807) is 35.2 Å². The summed E-state index contributed by atoms with van der Waals surface area (Å²) in [5.41, 5.74) is 2.15. The van der Waals surface area contributed by atoms with Crippen LogP contribution < -0.4 is 35.4 Å². The van der Waals surface area contributed by atoms with E-state index >= 15 is 13.2 Å². The van der Waals surface area contributed by atoms with Crippen molar-refractivity contribution in [2.24, 2.45) is 0 Å². The average Bonchev–Trinajstić information content (AvgIpc) is 3.70. The lowest BCUT2D eigenvalue weighted by molar-refractivity contribution is -0.140. The standard InChI is InChI=1S/C40H46F3N9O5/c1-49-32-19-44-39(48-35(32)52(26-5-3-4-6-26)22-40(42,43)38(49)56)46-30-10-7-24(18-33(30)57-2)36(54)45-25-13-15-50(16-14-25)27-20-51(21-27)31-11-8-23(17-29(31)41)28-9-12-34(53)47-37(28)55/h7-8,10-11,17-19,25-28H,3-6,9,12-16,20-22H2,1-2H3,(H,45,54)(H,44,46,48)(H,47,53,55). The summed E-state index contributed by atoms with van der Waals surface area (Å²) in [6.07, 6.45) is 6.78. The van der Waals surface area contributed by atoms with E-state index in [0.717, 1.165) is 56.5 Å². The van der Waals surface area contributed by atoms with Gasteiger partial charge in [0.1, 0.15) is 17.3 Å². The topological polar surface area (TPSA) is 152 Å². The number of anilines is 5. The van der Waals surface area contributed by atoms with Crippen LogP contribution in [0.1, 0.15) is 73.2 Å². The highest BCUT2D eigenvalue weighted by Crippen LogP contribution is 2.40. The number of carbonyl (C=O) groups is 4. The molecule has 4 aliphatic heterocycles. The van der Waals surface area contributed by atoms with Gasteiger partial charge >= 0.3 is 5.92 Å². The summed E-state index contributed by atoms with van der Waals surface area (Å²) in [4.78, 5) is 65.6. The number of methoxy groups -OCH3 is 1. The molecule has 3 saturated heterocycles. The van der Waals surface area contributed by atoms with Gasteiger partial charge in [0.05, 0.1) is 37.1 Å². The molecule has 0 bridgehead atoms. The van der Waals surface area contributed by atoms with Gasteiger partial charge in [-0.25, -0.2) is 9.37 Å². The minimum absolute atomic E-state index is 0.0285. The Hall–Kier alpha value is -5.45. The SMILES string of the molecule is COc1cc(C(=O)NC2CCN(C3CN(c4ccc(C5CCC(=O)NC5=O)cc4F)C3)CC2)ccc1Nc1ncc2c(n1)N(C1CCCC1)CC(F)(F)C(=O)N2C. The molecule has 0 spiro atoms. The number of benzene rings is 2. The third kappa shape index (κ3) is 7.68. The molecule has 1 aromatic heterocycles. The second kappa shape index (κ2) is 15.5. The predicted octanol–water partition coefficient (Wildman–Crippen LogP) is 4.33. The van der Waals surface area contributed by atoms with Crippen LogP contribution in [0, 0.1) is 5.82 Å². The first-order valence-corrected chi connectivity index (χ1v) is 19.6. The number of amides is 4. The molecule has 1 atom stereocenters. The second-order valence-electron chi connectivity index (χ2n) is 15.6. The quantitative estimate of drug-likeness (QED) is 0.266. The van der Waals surface area contributed by atoms with Gasteiger partial charge in [-0.1, -0.05) is 18.9 Å². The van der Waals surface area contributed by atoms with E-state index in [1.165, 1.54) is 26.4 Å². The lowest BCUT2D eigenvalue weighted by Crippen LogP contribution is -2.62. The van der Waals surface area contributed by atoms with Crippen LogP contribution in [-0.2, 0) is 14.4 Å². The highest BCUT2D eigenvalue weighted by Gasteiger charge is 2.49. The molecule has 17 heteroatoms. The van der Waals surface area contributed by atoms with Crippen molar-refractivity contribution in [3.05, 3.63) is 59.5 Å². The Balaban J connectivity index is 0.854. The molecule has 5 aliphatic rings. The maximum Gasteiger partial charge on any atom is 0.342 e. The molecule has 3 aromatic rings. The van der Waals surface area contributed by atoms with Gasteiger partial charge in [-0.15, -0.1) is 0 Å². The van der Waals surface area contributed by atoms with Crippen LogP contribution in [0.3, 0.4) is 0 Å². The van der Waals surface area contributed by atoms with E-state index in [2.05, 4.69) is 30.8 Å². The second-order valence-corrected chi connectivity index (χ2v) is 15.6. The van der Waals surface area contributed by atoms with Crippen LogP contribution in [0.15, 0.2) is 42.6 Å². The molecule has 2 aromatic carbocycles. The summed E-state index contributed by atoms with van der Waals surface area (Å²) in [6, 6.07) is 9.91. The first kappa shape index (κ1) is 38.4. The zero-order chi connectivity index (χ0) is 40.0. The number of piperidine rings is 2. The average molecular weight is 790 g/mol. The Bertz CT molecular complexity index is 2070. The van der Waals surface area contributed by atoms with Gasteiger partial charge in [0.2, 0.25) is 17.8 Å². The van der Waals surface area contributed by atoms with Crippen molar-refractivity contribution in [2.45, 2.75) is 81.3 Å². The number of halogens is 3. The number of carbonyl (C=O) groups excluding carboxylic acids is 4. The molecule has 14 nitrogen and oxygen atoms in total. The van der Waals surface area contributed by atoms with Crippen molar-refractivity contribution in [3.8, 4) is 5.75 Å². The Labute approximate surface area is 328 Å². The number of imide groups is 1. The monoisotopic (exact) mass is 789 g/mol. The van der Waals surface area contributed by atoms with Gasteiger partial charge in [-0.2, -0.15) is 13.8 Å². The number of rotatable bonds is 9. The number of aromatic nitrogens is 2. The van der Waals surface area contributed by atoms with Gasteiger partial charge in [0, 0.05) is 63.3 Å². The largest absolute Gasteiger partial charge is 0.495 e. The summed E-state index contributed by atoms with van der Waals surface area (Å²) in [5.74, 6) is -5.98. The molecule has 57 heavy (non-hydrogen) atoms. The number of nitrogens with zero attached hydrogens (tertiary/aromatic N) is 6. The number of ether oxygens (including phenoxy) is 1. The molecule has 5 heterocycles. The van der Waals surface area contributed by atoms with Crippen molar-refractivity contribution in [2.75, 3.05) is 66.9 Å². The Morgan fingerprint density at radius 3 is 2.42 bits per heavy atom. The first-order valence-electron chi connectivity index (χ1n) is 19.6. The zero-order valence-corrected chi connectivity index (χ0v) is 31.9. The summed E-state index contributed by atoms with van der Waals surface area (Å²) in [6.45, 7) is 2.16. The number of likely N-dealkylation sites (tertiary alicyclic amines) is 1. The van der Waals surface area contributed by atoms with Crippen LogP contribution in [0.4, 0.5) is 42.0 Å². The van der Waals surface area contributed by atoms with Gasteiger partial charge in [0.25, 0.3) is 11.8 Å². The molecule has 1 unspecified atom stereocenters. The van der Waals surface area contributed by atoms with Crippen molar-refractivity contribution in [3.63, 3.8) is 0 Å². The lowest BCUT2D eigenvalue weighted by atomic mass is 9.90. The van der Waals surface area contributed by atoms with E-state index < -0.39 is 24.3 Å². The first-order chi connectivity index (χ1) is 27.4. The minimum atomic E-state index is -3.58. The molecule has 3 N–H and O–H groups in total. The van der Waals surface area contributed by atoms with Crippen molar-refractivity contribution < 1.29 is 37.1 Å². The molecule has 1 aliphatic carbocycles. The number of hydrogen-bond donors (Lipinski definition) is 3. The van der Waals surface area contributed by atoms with Crippen LogP contribution in [0.25, 0.3) is 0 Å². The fourth-order valence-corrected chi connectivity index (χ4v) is 8.73. The minimum Gasteiger partial charge on any atom is -0.495 e. The van der Waals surface area contributed by atoms with Crippen molar-refractivity contribution in [1.29, 1.82) is 0 Å². The van der Waals surface area contributed by atoms with E-state index in [-0.39, 0.29) is 65.5 Å². The molecule has 4 fully saturated rings. The smallest absolute Gasteiger partial charge is 0.342 e. The third-order valence-corrected chi connectivity index (χ3v) is 12.0. The van der Waals surface area contributed by atoms with Crippen molar-refractivity contribution in [1.82, 2.24) is 25.5 Å². The number of hydrogen-bond acceptors (Lipinski definition) is 11. The van der Waals surface area contributed by atoms with E-state index in [1.807, 2.05) is 4.90 Å².